The fourth-order valence-electron chi connectivity index (χ4n) is 1.22. The fourth-order valence-corrected chi connectivity index (χ4v) is 1.22. The van der Waals surface area contributed by atoms with Crippen LogP contribution in [0.4, 0.5) is 0 Å². The molecule has 1 aromatic carbocycles. The molecule has 1 heteroatoms. The lowest BCUT2D eigenvalue weighted by atomic mass is 9.97. The molecular weight excluding hydrogens is 136 g/mol. The van der Waals surface area contributed by atoms with E-state index >= 15 is 0 Å². The maximum Gasteiger partial charge on any atom is 0.167 e. The number of Topliss-reactive ketones (excluding diaryl/α,β-unsaturated/α-hetero) is 1. The van der Waals surface area contributed by atoms with E-state index in [1.807, 2.05) is 30.4 Å². The topological polar surface area (TPSA) is 17.1 Å². The molecule has 0 heterocycles. The monoisotopic (exact) mass is 143 g/mol. The second-order valence-corrected chi connectivity index (χ2v) is 2.53. The molecule has 11 heavy (non-hydrogen) atoms. The maximum absolute atomic E-state index is 11.2. The summed E-state index contributed by atoms with van der Waals surface area (Å²) in [5.74, 6) is 0.194. The summed E-state index contributed by atoms with van der Waals surface area (Å²) in [6, 6.07) is 8.52. The van der Waals surface area contributed by atoms with Crippen molar-refractivity contribution in [3.8, 4) is 0 Å². The van der Waals surface area contributed by atoms with Crippen LogP contribution in [0.1, 0.15) is 22.3 Å². The van der Waals surface area contributed by atoms with E-state index in [0.717, 1.165) is 11.1 Å². The van der Waals surface area contributed by atoms with Crippen LogP contribution in [0.5, 0.6) is 0 Å². The standard InChI is InChI=1S/C10H7O/c11-10-7-3-5-8-4-1-2-6-9(8)10/h1-3,5-6H,7H2. The van der Waals surface area contributed by atoms with E-state index in [2.05, 4.69) is 6.07 Å². The van der Waals surface area contributed by atoms with Gasteiger partial charge in [0.15, 0.2) is 5.78 Å². The third-order valence-electron chi connectivity index (χ3n) is 1.78. The average Bonchev–Trinajstić information content (AvgIpc) is 2.06. The van der Waals surface area contributed by atoms with Gasteiger partial charge < -0.3 is 0 Å². The molecule has 1 aliphatic carbocycles. The zero-order chi connectivity index (χ0) is 7.68. The van der Waals surface area contributed by atoms with E-state index in [1.54, 1.807) is 0 Å². The van der Waals surface area contributed by atoms with Gasteiger partial charge in [-0.05, 0) is 11.6 Å². The smallest absolute Gasteiger partial charge is 0.167 e. The van der Waals surface area contributed by atoms with E-state index < -0.39 is 0 Å². The van der Waals surface area contributed by atoms with Gasteiger partial charge in [-0.3, -0.25) is 4.79 Å². The van der Waals surface area contributed by atoms with Crippen molar-refractivity contribution >= 4 is 11.9 Å². The van der Waals surface area contributed by atoms with Gasteiger partial charge in [0.25, 0.3) is 0 Å². The lowest BCUT2D eigenvalue weighted by Crippen LogP contribution is -2.03. The Labute approximate surface area is 65.4 Å². The summed E-state index contributed by atoms with van der Waals surface area (Å²) in [6.45, 7) is 0. The van der Waals surface area contributed by atoms with Gasteiger partial charge in [0, 0.05) is 12.0 Å². The van der Waals surface area contributed by atoms with Crippen LogP contribution in [-0.2, 0) is 0 Å². The number of benzene rings is 1. The number of fused-ring (bicyclic) bond motifs is 1. The molecule has 0 unspecified atom stereocenters. The Bertz CT molecular complexity index is 323. The van der Waals surface area contributed by atoms with E-state index in [9.17, 15) is 4.79 Å². The maximum atomic E-state index is 11.2. The van der Waals surface area contributed by atoms with Crippen LogP contribution in [0, 0.1) is 6.07 Å². The Kier molecular flexibility index (Phi) is 1.35. The molecule has 0 N–H and O–H groups in total. The van der Waals surface area contributed by atoms with Crippen LogP contribution in [0.2, 0.25) is 0 Å². The summed E-state index contributed by atoms with van der Waals surface area (Å²) < 4.78 is 0. The highest BCUT2D eigenvalue weighted by Crippen LogP contribution is 2.17. The predicted molar refractivity (Wildman–Crippen MR) is 43.3 cm³/mol. The van der Waals surface area contributed by atoms with Gasteiger partial charge in [0.05, 0.1) is 0 Å². The number of hydrogen-bond acceptors (Lipinski definition) is 1. The second-order valence-electron chi connectivity index (χ2n) is 2.53. The lowest BCUT2D eigenvalue weighted by molar-refractivity contribution is 0.0994. The SMILES string of the molecule is O=C1CC=Cc2[c]cccc21. The van der Waals surface area contributed by atoms with Crippen LogP contribution in [0.25, 0.3) is 6.08 Å². The Morgan fingerprint density at radius 3 is 3.18 bits per heavy atom. The van der Waals surface area contributed by atoms with Crippen molar-refractivity contribution < 1.29 is 4.79 Å². The molecule has 0 aromatic heterocycles. The fraction of sp³-hybridized carbons (Fsp3) is 0.100. The van der Waals surface area contributed by atoms with E-state index in [-0.39, 0.29) is 5.78 Å². The molecule has 2 rings (SSSR count). The number of hydrogen-bond donors (Lipinski definition) is 0. The molecule has 0 saturated carbocycles. The minimum absolute atomic E-state index is 0.194. The second kappa shape index (κ2) is 2.35. The minimum atomic E-state index is 0.194. The molecule has 0 aliphatic heterocycles. The van der Waals surface area contributed by atoms with Crippen molar-refractivity contribution in [1.29, 1.82) is 0 Å². The molecule has 1 aliphatic rings. The van der Waals surface area contributed by atoms with Crippen molar-refractivity contribution in [3.63, 3.8) is 0 Å². The van der Waals surface area contributed by atoms with Crippen LogP contribution in [0.3, 0.4) is 0 Å². The first kappa shape index (κ1) is 6.35. The van der Waals surface area contributed by atoms with Gasteiger partial charge in [-0.2, -0.15) is 0 Å². The Morgan fingerprint density at radius 2 is 2.36 bits per heavy atom. The largest absolute Gasteiger partial charge is 0.294 e. The van der Waals surface area contributed by atoms with Crippen molar-refractivity contribution in [3.05, 3.63) is 41.5 Å². The van der Waals surface area contributed by atoms with Gasteiger partial charge in [-0.25, -0.2) is 0 Å². The zero-order valence-corrected chi connectivity index (χ0v) is 6.00. The van der Waals surface area contributed by atoms with Gasteiger partial charge in [-0.15, -0.1) is 0 Å². The summed E-state index contributed by atoms with van der Waals surface area (Å²) in [4.78, 5) is 11.2. The normalized spacial score (nSPS) is 14.7. The summed E-state index contributed by atoms with van der Waals surface area (Å²) in [7, 11) is 0. The molecule has 0 saturated heterocycles. The molecule has 0 bridgehead atoms. The molecular formula is C10H7O. The third-order valence-corrected chi connectivity index (χ3v) is 1.78. The van der Waals surface area contributed by atoms with E-state index in [0.29, 0.717) is 6.42 Å². The minimum Gasteiger partial charge on any atom is -0.294 e. The Morgan fingerprint density at radius 1 is 1.45 bits per heavy atom. The van der Waals surface area contributed by atoms with Gasteiger partial charge in [0.2, 0.25) is 0 Å². The molecule has 1 nitrogen and oxygen atoms in total. The highest BCUT2D eigenvalue weighted by molar-refractivity contribution is 6.02. The first-order chi connectivity index (χ1) is 5.38. The van der Waals surface area contributed by atoms with Crippen molar-refractivity contribution in [2.24, 2.45) is 0 Å². The van der Waals surface area contributed by atoms with E-state index in [4.69, 9.17) is 0 Å². The number of allylic oxidation sites excluding steroid dienone is 1. The number of ketones is 1. The first-order valence-corrected chi connectivity index (χ1v) is 3.58. The molecule has 1 aromatic rings. The van der Waals surface area contributed by atoms with E-state index in [1.165, 1.54) is 0 Å². The van der Waals surface area contributed by atoms with Gasteiger partial charge in [-0.1, -0.05) is 30.4 Å². The highest BCUT2D eigenvalue weighted by Gasteiger charge is 2.10. The third kappa shape index (κ3) is 0.984. The zero-order valence-electron chi connectivity index (χ0n) is 6.00. The van der Waals surface area contributed by atoms with Crippen molar-refractivity contribution in [2.75, 3.05) is 0 Å². The quantitative estimate of drug-likeness (QED) is 0.543. The molecule has 0 spiro atoms. The highest BCUT2D eigenvalue weighted by atomic mass is 16.1. The number of rotatable bonds is 0. The lowest BCUT2D eigenvalue weighted by Gasteiger charge is -2.06. The van der Waals surface area contributed by atoms with Crippen LogP contribution >= 0.6 is 0 Å². The number of carbonyl (C=O) groups excluding carboxylic acids is 1. The number of carbonyl (C=O) groups is 1. The Hall–Kier alpha value is -1.37. The molecule has 53 valence electrons. The summed E-state index contributed by atoms with van der Waals surface area (Å²) in [6.07, 6.45) is 4.35. The summed E-state index contributed by atoms with van der Waals surface area (Å²) in [5.41, 5.74) is 1.72. The molecule has 1 radical (unpaired) electrons. The van der Waals surface area contributed by atoms with Crippen molar-refractivity contribution in [1.82, 2.24) is 0 Å². The van der Waals surface area contributed by atoms with Crippen LogP contribution in [0.15, 0.2) is 24.3 Å². The predicted octanol–water partition coefficient (Wildman–Crippen LogP) is 2.09. The summed E-state index contributed by atoms with van der Waals surface area (Å²) >= 11 is 0. The first-order valence-electron chi connectivity index (χ1n) is 3.58. The van der Waals surface area contributed by atoms with Gasteiger partial charge >= 0.3 is 0 Å². The average molecular weight is 143 g/mol. The van der Waals surface area contributed by atoms with Crippen LogP contribution in [-0.4, -0.2) is 5.78 Å². The van der Waals surface area contributed by atoms with Crippen molar-refractivity contribution in [2.45, 2.75) is 6.42 Å². The molecule has 0 amide bonds. The van der Waals surface area contributed by atoms with Gasteiger partial charge in [0.1, 0.15) is 0 Å². The summed E-state index contributed by atoms with van der Waals surface area (Å²) in [5, 5.41) is 0. The molecule has 0 atom stereocenters. The Balaban J connectivity index is 2.63. The van der Waals surface area contributed by atoms with Crippen LogP contribution < -0.4 is 0 Å². The molecule has 0 fully saturated rings.